The normalized spacial score (nSPS) is 12.9. The van der Waals surface area contributed by atoms with E-state index in [9.17, 15) is 0 Å². The second-order valence-electron chi connectivity index (χ2n) is 4.10. The van der Waals surface area contributed by atoms with Gasteiger partial charge in [-0.2, -0.15) is 0 Å². The van der Waals surface area contributed by atoms with Crippen molar-refractivity contribution >= 4 is 11.8 Å². The molecule has 0 bridgehead atoms. The van der Waals surface area contributed by atoms with E-state index in [1.165, 1.54) is 0 Å². The summed E-state index contributed by atoms with van der Waals surface area (Å²) in [5.74, 6) is 0.828. The van der Waals surface area contributed by atoms with Gasteiger partial charge in [0.05, 0.1) is 6.61 Å². The molecule has 94 valence electrons. The molecule has 1 aromatic rings. The Morgan fingerprint density at radius 1 is 1.41 bits per heavy atom. The monoisotopic (exact) mass is 234 g/mol. The maximum Gasteiger partial charge on any atom is 0.121 e. The minimum atomic E-state index is 0.485. The molecule has 1 unspecified atom stereocenters. The quantitative estimate of drug-likeness (QED) is 0.744. The van der Waals surface area contributed by atoms with E-state index in [2.05, 4.69) is 24.4 Å². The molecule has 0 heterocycles. The zero-order chi connectivity index (χ0) is 12.7. The molecule has 1 rings (SSSR count). The van der Waals surface area contributed by atoms with E-state index in [0.717, 1.165) is 23.4 Å². The molecule has 0 aliphatic carbocycles. The molecule has 0 spiro atoms. The van der Waals surface area contributed by atoms with Gasteiger partial charge in [0.25, 0.3) is 0 Å². The van der Waals surface area contributed by atoms with E-state index in [1.807, 2.05) is 32.2 Å². The molecular weight excluding hydrogens is 212 g/mol. The Morgan fingerprint density at radius 2 is 2.18 bits per heavy atom. The highest BCUT2D eigenvalue weighted by atomic mass is 16.5. The number of hydrogen-bond acceptors (Lipinski definition) is 3. The molecule has 0 fully saturated rings. The fourth-order valence-corrected chi connectivity index (χ4v) is 1.52. The highest BCUT2D eigenvalue weighted by Crippen LogP contribution is 2.20. The molecule has 0 aliphatic rings. The molecule has 0 aromatic heterocycles. The Hall–Kier alpha value is -1.48. The minimum absolute atomic E-state index is 0.485. The zero-order valence-corrected chi connectivity index (χ0v) is 10.9. The summed E-state index contributed by atoms with van der Waals surface area (Å²) in [6, 6.07) is 6.28. The number of anilines is 1. The van der Waals surface area contributed by atoms with Crippen LogP contribution in [0.5, 0.6) is 5.75 Å². The molecule has 1 aromatic carbocycles. The van der Waals surface area contributed by atoms with Crippen LogP contribution in [0.1, 0.15) is 25.8 Å². The second kappa shape index (κ2) is 6.97. The Labute approximate surface area is 104 Å². The largest absolute Gasteiger partial charge is 0.494 e. The fraction of sp³-hybridized carbons (Fsp3) is 0.429. The summed E-state index contributed by atoms with van der Waals surface area (Å²) in [4.78, 5) is 0. The third-order valence-corrected chi connectivity index (χ3v) is 2.55. The Kier molecular flexibility index (Phi) is 5.57. The molecule has 3 N–H and O–H groups in total. The predicted octanol–water partition coefficient (Wildman–Crippen LogP) is 2.68. The molecule has 17 heavy (non-hydrogen) atoms. The fourth-order valence-electron chi connectivity index (χ4n) is 1.52. The molecule has 0 saturated carbocycles. The van der Waals surface area contributed by atoms with Crippen molar-refractivity contribution in [1.82, 2.24) is 5.32 Å². The average molecular weight is 234 g/mol. The smallest absolute Gasteiger partial charge is 0.121 e. The molecule has 1 atom stereocenters. The standard InChI is InChI=1S/C14H22N2O/c1-4-17-14-9-12(8-13(15)10-14)7-5-6-11(2)16-3/h5,7-11,16H,4,6,15H2,1-3H3/b7-5+. The lowest BCUT2D eigenvalue weighted by Gasteiger charge is -2.07. The highest BCUT2D eigenvalue weighted by molar-refractivity contribution is 5.59. The summed E-state index contributed by atoms with van der Waals surface area (Å²) < 4.78 is 5.45. The molecule has 3 nitrogen and oxygen atoms in total. The van der Waals surface area contributed by atoms with Gasteiger partial charge < -0.3 is 15.8 Å². The topological polar surface area (TPSA) is 47.3 Å². The van der Waals surface area contributed by atoms with Gasteiger partial charge in [0.15, 0.2) is 0 Å². The van der Waals surface area contributed by atoms with Gasteiger partial charge in [0, 0.05) is 17.8 Å². The van der Waals surface area contributed by atoms with Gasteiger partial charge in [0.2, 0.25) is 0 Å². The molecule has 0 aliphatic heterocycles. The first-order chi connectivity index (χ1) is 8.15. The predicted molar refractivity (Wildman–Crippen MR) is 74.2 cm³/mol. The van der Waals surface area contributed by atoms with Gasteiger partial charge in [-0.3, -0.25) is 0 Å². The van der Waals surface area contributed by atoms with Crippen LogP contribution in [0.15, 0.2) is 24.3 Å². The van der Waals surface area contributed by atoms with Crippen LogP contribution in [0.25, 0.3) is 6.08 Å². The Bertz CT molecular complexity index is 374. The lowest BCUT2D eigenvalue weighted by molar-refractivity contribution is 0.340. The number of nitrogen functional groups attached to an aromatic ring is 1. The van der Waals surface area contributed by atoms with Crippen LogP contribution in [0, 0.1) is 0 Å². The van der Waals surface area contributed by atoms with Gasteiger partial charge in [-0.25, -0.2) is 0 Å². The first-order valence-corrected chi connectivity index (χ1v) is 6.03. The SMILES string of the molecule is CCOc1cc(N)cc(/C=C/CC(C)NC)c1. The van der Waals surface area contributed by atoms with Gasteiger partial charge >= 0.3 is 0 Å². The van der Waals surface area contributed by atoms with E-state index in [4.69, 9.17) is 10.5 Å². The van der Waals surface area contributed by atoms with Crippen molar-refractivity contribution < 1.29 is 4.74 Å². The van der Waals surface area contributed by atoms with Gasteiger partial charge in [-0.1, -0.05) is 12.2 Å². The molecule has 0 radical (unpaired) electrons. The van der Waals surface area contributed by atoms with Gasteiger partial charge in [-0.05, 0) is 45.0 Å². The summed E-state index contributed by atoms with van der Waals surface area (Å²) in [5, 5.41) is 3.19. The average Bonchev–Trinajstić information content (AvgIpc) is 2.28. The van der Waals surface area contributed by atoms with Crippen molar-refractivity contribution in [3.8, 4) is 5.75 Å². The Morgan fingerprint density at radius 3 is 2.82 bits per heavy atom. The van der Waals surface area contributed by atoms with Crippen molar-refractivity contribution in [2.45, 2.75) is 26.3 Å². The summed E-state index contributed by atoms with van der Waals surface area (Å²) in [5.41, 5.74) is 7.64. The number of nitrogens with two attached hydrogens (primary N) is 1. The summed E-state index contributed by atoms with van der Waals surface area (Å²) in [6.07, 6.45) is 5.22. The Balaban J connectivity index is 2.70. The molecule has 0 amide bonds. The van der Waals surface area contributed by atoms with Crippen LogP contribution in [0.2, 0.25) is 0 Å². The number of ether oxygens (including phenoxy) is 1. The summed E-state index contributed by atoms with van der Waals surface area (Å²) in [6.45, 7) is 4.77. The first-order valence-electron chi connectivity index (χ1n) is 6.03. The third kappa shape index (κ3) is 4.91. The third-order valence-electron chi connectivity index (χ3n) is 2.55. The van der Waals surface area contributed by atoms with E-state index in [-0.39, 0.29) is 0 Å². The lowest BCUT2D eigenvalue weighted by atomic mass is 10.1. The van der Waals surface area contributed by atoms with Crippen LogP contribution >= 0.6 is 0 Å². The van der Waals surface area contributed by atoms with Crippen molar-refractivity contribution in [2.75, 3.05) is 19.4 Å². The van der Waals surface area contributed by atoms with Crippen LogP contribution in [0.4, 0.5) is 5.69 Å². The van der Waals surface area contributed by atoms with E-state index in [0.29, 0.717) is 12.6 Å². The van der Waals surface area contributed by atoms with Gasteiger partial charge in [0.1, 0.15) is 5.75 Å². The molecular formula is C14H22N2O. The van der Waals surface area contributed by atoms with E-state index < -0.39 is 0 Å². The maximum absolute atomic E-state index is 5.82. The van der Waals surface area contributed by atoms with Crippen LogP contribution in [-0.2, 0) is 0 Å². The maximum atomic E-state index is 5.82. The van der Waals surface area contributed by atoms with Crippen molar-refractivity contribution in [1.29, 1.82) is 0 Å². The van der Waals surface area contributed by atoms with Crippen LogP contribution in [-0.4, -0.2) is 19.7 Å². The summed E-state index contributed by atoms with van der Waals surface area (Å²) in [7, 11) is 1.96. The van der Waals surface area contributed by atoms with Crippen LogP contribution in [0.3, 0.4) is 0 Å². The van der Waals surface area contributed by atoms with Crippen molar-refractivity contribution in [3.63, 3.8) is 0 Å². The lowest BCUT2D eigenvalue weighted by Crippen LogP contribution is -2.19. The van der Waals surface area contributed by atoms with E-state index in [1.54, 1.807) is 0 Å². The van der Waals surface area contributed by atoms with E-state index >= 15 is 0 Å². The summed E-state index contributed by atoms with van der Waals surface area (Å²) >= 11 is 0. The highest BCUT2D eigenvalue weighted by Gasteiger charge is 1.98. The number of hydrogen-bond donors (Lipinski definition) is 2. The minimum Gasteiger partial charge on any atom is -0.494 e. The molecule has 3 heteroatoms. The number of benzene rings is 1. The zero-order valence-electron chi connectivity index (χ0n) is 10.9. The number of nitrogens with one attached hydrogen (secondary N) is 1. The first kappa shape index (κ1) is 13.6. The number of rotatable bonds is 6. The molecule has 0 saturated heterocycles. The van der Waals surface area contributed by atoms with Gasteiger partial charge in [-0.15, -0.1) is 0 Å². The van der Waals surface area contributed by atoms with Crippen LogP contribution < -0.4 is 15.8 Å². The van der Waals surface area contributed by atoms with Crippen molar-refractivity contribution in [3.05, 3.63) is 29.8 Å². The second-order valence-corrected chi connectivity index (χ2v) is 4.10. The van der Waals surface area contributed by atoms with Crippen molar-refractivity contribution in [2.24, 2.45) is 0 Å².